The first kappa shape index (κ1) is 25.5. The Balaban J connectivity index is 0.00000341. The van der Waals surface area contributed by atoms with Gasteiger partial charge in [0, 0.05) is 34.9 Å². The second kappa shape index (κ2) is 11.8. The maximum atomic E-state index is 6.30. The quantitative estimate of drug-likeness (QED) is 0.276. The van der Waals surface area contributed by atoms with Crippen LogP contribution in [0.5, 0.6) is 11.5 Å². The number of hydrogen-bond donors (Lipinski definition) is 2. The number of halogens is 2. The Morgan fingerprint density at radius 2 is 1.87 bits per heavy atom. The Labute approximate surface area is 206 Å². The zero-order valence-corrected chi connectivity index (χ0v) is 21.3. The van der Waals surface area contributed by atoms with E-state index in [1.165, 1.54) is 0 Å². The van der Waals surface area contributed by atoms with E-state index in [1.54, 1.807) is 7.11 Å². The van der Waals surface area contributed by atoms with E-state index in [1.807, 2.05) is 56.3 Å². The molecule has 0 aliphatic carbocycles. The summed E-state index contributed by atoms with van der Waals surface area (Å²) >= 11 is 6.30. The normalized spacial score (nSPS) is 15.8. The molecule has 0 unspecified atom stereocenters. The molecule has 2 aromatic carbocycles. The number of nitrogens with two attached hydrogens (primary N) is 1. The Bertz CT molecular complexity index is 869. The Morgan fingerprint density at radius 3 is 2.48 bits per heavy atom. The van der Waals surface area contributed by atoms with Crippen molar-refractivity contribution >= 4 is 47.2 Å². The number of hydrogen-bond acceptors (Lipinski definition) is 4. The van der Waals surface area contributed by atoms with E-state index < -0.39 is 0 Å². The summed E-state index contributed by atoms with van der Waals surface area (Å²) in [6.45, 7) is 5.84. The van der Waals surface area contributed by atoms with Gasteiger partial charge < -0.3 is 25.3 Å². The lowest BCUT2D eigenvalue weighted by atomic mass is 9.73. The van der Waals surface area contributed by atoms with E-state index in [0.29, 0.717) is 30.7 Å². The van der Waals surface area contributed by atoms with Crippen molar-refractivity contribution in [1.82, 2.24) is 0 Å². The third-order valence-electron chi connectivity index (χ3n) is 5.23. The van der Waals surface area contributed by atoms with Crippen LogP contribution < -0.4 is 20.5 Å². The van der Waals surface area contributed by atoms with Gasteiger partial charge >= 0.3 is 0 Å². The van der Waals surface area contributed by atoms with E-state index in [0.717, 1.165) is 35.6 Å². The van der Waals surface area contributed by atoms with E-state index in [-0.39, 0.29) is 35.5 Å². The number of ether oxygens (including phenoxy) is 3. The zero-order chi connectivity index (χ0) is 21.6. The molecule has 0 bridgehead atoms. The van der Waals surface area contributed by atoms with Crippen LogP contribution in [-0.2, 0) is 10.2 Å². The maximum absolute atomic E-state index is 6.30. The summed E-state index contributed by atoms with van der Waals surface area (Å²) in [7, 11) is 1.67. The van der Waals surface area contributed by atoms with Crippen LogP contribution in [0.15, 0.2) is 47.5 Å². The molecule has 8 heteroatoms. The molecule has 1 aliphatic heterocycles. The molecule has 0 aromatic heterocycles. The summed E-state index contributed by atoms with van der Waals surface area (Å²) in [6, 6.07) is 13.4. The van der Waals surface area contributed by atoms with Crippen molar-refractivity contribution in [3.05, 3.63) is 53.1 Å². The van der Waals surface area contributed by atoms with Crippen molar-refractivity contribution in [1.29, 1.82) is 0 Å². The topological polar surface area (TPSA) is 78.1 Å². The average molecular weight is 560 g/mol. The highest BCUT2D eigenvalue weighted by molar-refractivity contribution is 14.0. The van der Waals surface area contributed by atoms with E-state index in [2.05, 4.69) is 10.3 Å². The first-order valence-corrected chi connectivity index (χ1v) is 10.5. The fourth-order valence-corrected chi connectivity index (χ4v) is 3.85. The highest BCUT2D eigenvalue weighted by Gasteiger charge is 2.37. The predicted molar refractivity (Wildman–Crippen MR) is 137 cm³/mol. The first-order valence-electron chi connectivity index (χ1n) is 10.2. The average Bonchev–Trinajstić information content (AvgIpc) is 2.74. The molecule has 3 rings (SSSR count). The lowest BCUT2D eigenvalue weighted by molar-refractivity contribution is 0.0523. The summed E-state index contributed by atoms with van der Waals surface area (Å²) in [6.07, 6.45) is 1.78. The van der Waals surface area contributed by atoms with Gasteiger partial charge in [0.05, 0.1) is 19.8 Å². The van der Waals surface area contributed by atoms with Gasteiger partial charge in [-0.15, -0.1) is 24.0 Å². The number of aliphatic imine (C=N–C) groups is 1. The van der Waals surface area contributed by atoms with Crippen molar-refractivity contribution < 1.29 is 14.2 Å². The molecule has 1 fully saturated rings. The van der Waals surface area contributed by atoms with Gasteiger partial charge in [0.1, 0.15) is 11.5 Å². The summed E-state index contributed by atoms with van der Waals surface area (Å²) in [5, 5.41) is 3.83. The molecule has 31 heavy (non-hydrogen) atoms. The Kier molecular flexibility index (Phi) is 9.71. The molecule has 0 saturated carbocycles. The maximum Gasteiger partial charge on any atom is 0.193 e. The van der Waals surface area contributed by atoms with Crippen molar-refractivity contribution in [2.24, 2.45) is 10.7 Å². The molecule has 0 spiro atoms. The Morgan fingerprint density at radius 1 is 1.19 bits per heavy atom. The monoisotopic (exact) mass is 559 g/mol. The number of rotatable bonds is 7. The van der Waals surface area contributed by atoms with Crippen LogP contribution in [0.1, 0.15) is 32.3 Å². The first-order chi connectivity index (χ1) is 14.4. The van der Waals surface area contributed by atoms with Crippen LogP contribution >= 0.6 is 35.6 Å². The minimum Gasteiger partial charge on any atom is -0.496 e. The van der Waals surface area contributed by atoms with Gasteiger partial charge in [-0.05, 0) is 69.2 Å². The number of anilines is 1. The smallest absolute Gasteiger partial charge is 0.193 e. The molecule has 0 radical (unpaired) electrons. The minimum atomic E-state index is -0.240. The molecular formula is C23H31ClIN3O3. The molecule has 2 aromatic rings. The summed E-state index contributed by atoms with van der Waals surface area (Å²) in [4.78, 5) is 4.67. The van der Waals surface area contributed by atoms with Crippen LogP contribution in [0.25, 0.3) is 0 Å². The molecular weight excluding hydrogens is 529 g/mol. The van der Waals surface area contributed by atoms with Gasteiger partial charge in [-0.3, -0.25) is 4.99 Å². The zero-order valence-electron chi connectivity index (χ0n) is 18.2. The standard InChI is InChI=1S/C23H30ClN3O3.HI/c1-16(2)30-19-7-5-18(6-8-19)27-22(25)26-15-23(10-12-29-13-11-23)20-14-17(24)4-9-21(20)28-3;/h4-9,14,16H,10-13,15H2,1-3H3,(H3,25,26,27);1H. The lowest BCUT2D eigenvalue weighted by Gasteiger charge is -2.37. The summed E-state index contributed by atoms with van der Waals surface area (Å²) < 4.78 is 16.9. The number of nitrogens with zero attached hydrogens (tertiary/aromatic N) is 1. The highest BCUT2D eigenvalue weighted by Crippen LogP contribution is 2.41. The highest BCUT2D eigenvalue weighted by atomic mass is 127. The van der Waals surface area contributed by atoms with Gasteiger partial charge in [0.2, 0.25) is 0 Å². The fourth-order valence-electron chi connectivity index (χ4n) is 3.68. The number of benzene rings is 2. The van der Waals surface area contributed by atoms with Crippen LogP contribution in [0.4, 0.5) is 5.69 Å². The number of nitrogens with one attached hydrogen (secondary N) is 1. The lowest BCUT2D eigenvalue weighted by Crippen LogP contribution is -2.38. The molecule has 170 valence electrons. The van der Waals surface area contributed by atoms with Crippen LogP contribution in [-0.4, -0.2) is 38.9 Å². The largest absolute Gasteiger partial charge is 0.496 e. The third-order valence-corrected chi connectivity index (χ3v) is 5.47. The van der Waals surface area contributed by atoms with Gasteiger partial charge in [-0.25, -0.2) is 0 Å². The summed E-state index contributed by atoms with van der Waals surface area (Å²) in [5.41, 5.74) is 7.86. The fraction of sp³-hybridized carbons (Fsp3) is 0.435. The summed E-state index contributed by atoms with van der Waals surface area (Å²) in [5.74, 6) is 1.99. The van der Waals surface area contributed by atoms with Crippen molar-refractivity contribution in [3.8, 4) is 11.5 Å². The molecule has 6 nitrogen and oxygen atoms in total. The third kappa shape index (κ3) is 6.89. The molecule has 0 atom stereocenters. The van der Waals surface area contributed by atoms with Crippen molar-refractivity contribution in [2.75, 3.05) is 32.2 Å². The van der Waals surface area contributed by atoms with Crippen LogP contribution in [0.3, 0.4) is 0 Å². The van der Waals surface area contributed by atoms with Gasteiger partial charge in [0.15, 0.2) is 5.96 Å². The van der Waals surface area contributed by atoms with E-state index in [9.17, 15) is 0 Å². The molecule has 1 aliphatic rings. The van der Waals surface area contributed by atoms with Gasteiger partial charge in [-0.1, -0.05) is 11.6 Å². The van der Waals surface area contributed by atoms with Gasteiger partial charge in [-0.2, -0.15) is 0 Å². The van der Waals surface area contributed by atoms with Gasteiger partial charge in [0.25, 0.3) is 0 Å². The van der Waals surface area contributed by atoms with Crippen LogP contribution in [0, 0.1) is 0 Å². The van der Waals surface area contributed by atoms with Crippen molar-refractivity contribution in [3.63, 3.8) is 0 Å². The van der Waals surface area contributed by atoms with E-state index in [4.69, 9.17) is 31.5 Å². The second-order valence-corrected chi connectivity index (χ2v) is 8.19. The van der Waals surface area contributed by atoms with Crippen LogP contribution in [0.2, 0.25) is 5.02 Å². The number of methoxy groups -OCH3 is 1. The Hall–Kier alpha value is -1.71. The molecule has 0 amide bonds. The molecule has 1 heterocycles. The molecule has 1 saturated heterocycles. The minimum absolute atomic E-state index is 0. The van der Waals surface area contributed by atoms with E-state index >= 15 is 0 Å². The molecule has 3 N–H and O–H groups in total. The number of guanidine groups is 1. The second-order valence-electron chi connectivity index (χ2n) is 7.75. The van der Waals surface area contributed by atoms with Crippen molar-refractivity contribution in [2.45, 2.75) is 38.2 Å². The SMILES string of the molecule is COc1ccc(Cl)cc1C1(CN=C(N)Nc2ccc(OC(C)C)cc2)CCOCC1.I. The predicted octanol–water partition coefficient (Wildman–Crippen LogP) is 5.23.